The van der Waals surface area contributed by atoms with E-state index in [0.29, 0.717) is 0 Å². The number of sulfonamides is 1. The number of fused-ring (bicyclic) bond motifs is 2. The summed E-state index contributed by atoms with van der Waals surface area (Å²) in [7, 11) is -4.80. The Labute approximate surface area is 164 Å². The van der Waals surface area contributed by atoms with Gasteiger partial charge in [0, 0.05) is 23.4 Å². The lowest BCUT2D eigenvalue weighted by Crippen LogP contribution is -2.27. The van der Waals surface area contributed by atoms with Crippen LogP contribution in [0.2, 0.25) is 0 Å². The number of nitrogens with one attached hydrogen (secondary N) is 1. The van der Waals surface area contributed by atoms with Gasteiger partial charge in [-0.1, -0.05) is 24.3 Å². The average Bonchev–Trinajstić information content (AvgIpc) is 2.69. The van der Waals surface area contributed by atoms with Crippen molar-refractivity contribution >= 4 is 44.8 Å². The van der Waals surface area contributed by atoms with Gasteiger partial charge in [-0.05, 0) is 10.2 Å². The molecule has 0 aromatic heterocycles. The minimum Gasteiger partial charge on any atom is -0.599 e. The Morgan fingerprint density at radius 1 is 1.21 bits per heavy atom. The van der Waals surface area contributed by atoms with Crippen molar-refractivity contribution < 1.29 is 32.1 Å². The lowest BCUT2D eigenvalue weighted by Gasteiger charge is -2.23. The third kappa shape index (κ3) is 3.04. The van der Waals surface area contributed by atoms with E-state index in [-0.39, 0.29) is 22.4 Å². The van der Waals surface area contributed by atoms with Gasteiger partial charge >= 0.3 is 16.0 Å². The highest BCUT2D eigenvalue weighted by atomic mass is 32.2. The third-order valence-corrected chi connectivity index (χ3v) is 5.71. The predicted molar refractivity (Wildman–Crippen MR) is 102 cm³/mol. The quantitative estimate of drug-likeness (QED) is 0.177. The average molecular weight is 415 g/mol. The van der Waals surface area contributed by atoms with Crippen molar-refractivity contribution in [3.05, 3.63) is 64.4 Å². The van der Waals surface area contributed by atoms with Crippen LogP contribution in [0.1, 0.15) is 31.8 Å². The zero-order chi connectivity index (χ0) is 21.5. The Morgan fingerprint density at radius 2 is 1.76 bits per heavy atom. The van der Waals surface area contributed by atoms with Crippen molar-refractivity contribution in [1.29, 1.82) is 0 Å². The van der Waals surface area contributed by atoms with Gasteiger partial charge in [-0.3, -0.25) is 14.4 Å². The summed E-state index contributed by atoms with van der Waals surface area (Å²) in [5.41, 5.74) is 4.40. The summed E-state index contributed by atoms with van der Waals surface area (Å²) in [6.45, 7) is 2.28. The topological polar surface area (TPSA) is 170 Å². The van der Waals surface area contributed by atoms with Crippen LogP contribution in [0.15, 0.2) is 41.8 Å². The number of ketones is 2. The molecule has 2 aromatic carbocycles. The molecule has 4 N–H and O–H groups in total. The van der Waals surface area contributed by atoms with Crippen LogP contribution in [0.4, 0.5) is 11.4 Å². The molecule has 0 unspecified atom stereocenters. The second-order valence-electron chi connectivity index (χ2n) is 5.93. The number of aliphatic carboxylic acids is 1. The summed E-state index contributed by atoms with van der Waals surface area (Å²) in [5, 5.41) is 23.0. The Morgan fingerprint density at radius 3 is 2.28 bits per heavy atom. The second-order valence-corrected chi connectivity index (χ2v) is 7.65. The highest BCUT2D eigenvalue weighted by Gasteiger charge is 2.38. The number of benzene rings is 2. The summed E-state index contributed by atoms with van der Waals surface area (Å²) >= 11 is 0. The van der Waals surface area contributed by atoms with Gasteiger partial charge in [0.15, 0.2) is 22.3 Å². The van der Waals surface area contributed by atoms with Crippen LogP contribution in [0.5, 0.6) is 0 Å². The zero-order valence-corrected chi connectivity index (χ0v) is 15.4. The van der Waals surface area contributed by atoms with Crippen molar-refractivity contribution in [2.75, 3.05) is 17.6 Å². The Kier molecular flexibility index (Phi) is 4.71. The Hall–Kier alpha value is -3.95. The highest BCUT2D eigenvalue weighted by molar-refractivity contribution is 7.85. The number of carboxylic acid groups (broad SMARTS) is 1. The van der Waals surface area contributed by atoms with Crippen molar-refractivity contribution in [1.82, 2.24) is 0 Å². The molecule has 0 heterocycles. The van der Waals surface area contributed by atoms with Crippen molar-refractivity contribution in [2.24, 2.45) is 0 Å². The number of carbonyl (C=O) groups excluding carboxylic acids is 2. The maximum atomic E-state index is 13.0. The van der Waals surface area contributed by atoms with E-state index in [0.717, 1.165) is 6.07 Å². The molecule has 0 radical (unpaired) electrons. The first-order valence-electron chi connectivity index (χ1n) is 7.97. The largest absolute Gasteiger partial charge is 0.599 e. The predicted octanol–water partition coefficient (Wildman–Crippen LogP) is 0.595. The molecule has 2 aromatic rings. The van der Waals surface area contributed by atoms with Crippen LogP contribution < -0.4 is 11.1 Å². The standard InChI is InChI=1S/C18H13N3O7S/c1-2-21(26)29(27,28)12-7-11(20-8-13(22)23)14-15(16(12)19)18(25)10-6-4-3-5-9(10)17(14)24/h3-7,20H,1,8,19H2,(H,22,23). The number of nitrogens with two attached hydrogens (primary N) is 1. The summed E-state index contributed by atoms with van der Waals surface area (Å²) in [6.07, 6.45) is 0. The number of nitrogens with zero attached hydrogens (tertiary/aromatic N) is 1. The van der Waals surface area contributed by atoms with E-state index >= 15 is 0 Å². The minimum atomic E-state index is -4.80. The molecule has 0 bridgehead atoms. The van der Waals surface area contributed by atoms with Crippen LogP contribution in [-0.2, 0) is 14.8 Å². The van der Waals surface area contributed by atoms with Gasteiger partial charge < -0.3 is 21.4 Å². The first-order valence-corrected chi connectivity index (χ1v) is 9.41. The number of nitrogen functional groups attached to an aromatic ring is 1. The molecular weight excluding hydrogens is 402 g/mol. The molecular formula is C18H13N3O7S. The second kappa shape index (κ2) is 6.89. The van der Waals surface area contributed by atoms with Crippen molar-refractivity contribution in [3.63, 3.8) is 0 Å². The van der Waals surface area contributed by atoms with Crippen LogP contribution in [0.3, 0.4) is 0 Å². The van der Waals surface area contributed by atoms with Crippen LogP contribution in [-0.4, -0.2) is 47.6 Å². The van der Waals surface area contributed by atoms with E-state index in [9.17, 15) is 28.0 Å². The molecule has 0 aliphatic heterocycles. The summed E-state index contributed by atoms with van der Waals surface area (Å²) in [6, 6.07) is 6.68. The number of hydrogen-bond acceptors (Lipinski definition) is 8. The molecule has 0 amide bonds. The minimum absolute atomic E-state index is 0.00435. The van der Waals surface area contributed by atoms with Gasteiger partial charge in [0.1, 0.15) is 6.54 Å². The Balaban J connectivity index is 2.40. The third-order valence-electron chi connectivity index (χ3n) is 4.26. The molecule has 1 aliphatic carbocycles. The number of carbonyl (C=O) groups is 3. The van der Waals surface area contributed by atoms with E-state index in [1.807, 2.05) is 0 Å². The van der Waals surface area contributed by atoms with Crippen LogP contribution in [0.25, 0.3) is 0 Å². The number of carboxylic acids is 1. The van der Waals surface area contributed by atoms with Gasteiger partial charge in [-0.25, -0.2) is 0 Å². The number of rotatable bonds is 5. The van der Waals surface area contributed by atoms with E-state index in [4.69, 9.17) is 10.8 Å². The van der Waals surface area contributed by atoms with Crippen LogP contribution in [0, 0.1) is 5.21 Å². The number of hydrogen-bond donors (Lipinski definition) is 3. The molecule has 3 rings (SSSR count). The van der Waals surface area contributed by atoms with E-state index in [2.05, 4.69) is 11.9 Å². The molecule has 148 valence electrons. The fourth-order valence-corrected chi connectivity index (χ4v) is 3.99. The lowest BCUT2D eigenvalue weighted by molar-refractivity contribution is -0.270. The fourth-order valence-electron chi connectivity index (χ4n) is 2.99. The molecule has 1 aliphatic rings. The normalized spacial score (nSPS) is 12.6. The summed E-state index contributed by atoms with van der Waals surface area (Å²) in [5.74, 6) is -1.05. The highest BCUT2D eigenvalue weighted by Crippen LogP contribution is 2.39. The van der Waals surface area contributed by atoms with E-state index < -0.39 is 54.4 Å². The summed E-state index contributed by atoms with van der Waals surface area (Å²) < 4.78 is 24.4. The first kappa shape index (κ1) is 19.8. The van der Waals surface area contributed by atoms with E-state index in [1.165, 1.54) is 24.3 Å². The molecule has 11 heteroatoms. The Bertz CT molecular complexity index is 1260. The van der Waals surface area contributed by atoms with E-state index in [1.54, 1.807) is 5.87 Å². The molecule has 0 saturated heterocycles. The number of anilines is 2. The van der Waals surface area contributed by atoms with Gasteiger partial charge in [-0.15, -0.1) is 0 Å². The molecule has 0 saturated carbocycles. The molecule has 0 atom stereocenters. The van der Waals surface area contributed by atoms with Crippen LogP contribution >= 0.6 is 0 Å². The zero-order valence-electron chi connectivity index (χ0n) is 14.6. The van der Waals surface area contributed by atoms with Gasteiger partial charge in [0.25, 0.3) is 0 Å². The molecule has 0 spiro atoms. The van der Waals surface area contributed by atoms with Crippen molar-refractivity contribution in [3.8, 4) is 0 Å². The molecule has 29 heavy (non-hydrogen) atoms. The van der Waals surface area contributed by atoms with Gasteiger partial charge in [0.05, 0.1) is 16.8 Å². The maximum absolute atomic E-state index is 13.0. The first-order chi connectivity index (χ1) is 13.6. The summed E-state index contributed by atoms with van der Waals surface area (Å²) in [4.78, 5) is 36.1. The lowest BCUT2D eigenvalue weighted by atomic mass is 9.82. The molecule has 0 fully saturated rings. The van der Waals surface area contributed by atoms with Crippen molar-refractivity contribution in [2.45, 2.75) is 4.90 Å². The fraction of sp³-hybridized carbons (Fsp3) is 0.0556. The smallest absolute Gasteiger partial charge is 0.416 e. The molecule has 10 nitrogen and oxygen atoms in total. The SMILES string of the molecule is C=C=[N+]([O-])S(=O)(=O)c1cc(NCC(=O)O)c2c(c1N)C(=O)c1ccccc1C2=O. The maximum Gasteiger partial charge on any atom is 0.416 e. The monoisotopic (exact) mass is 415 g/mol. The van der Waals surface area contributed by atoms with Gasteiger partial charge in [0.2, 0.25) is 0 Å². The van der Waals surface area contributed by atoms with Gasteiger partial charge in [-0.2, -0.15) is 8.42 Å².